The normalized spacial score (nSPS) is 16.7. The summed E-state index contributed by atoms with van der Waals surface area (Å²) in [6.45, 7) is 3.66. The zero-order valence-electron chi connectivity index (χ0n) is 21.6. The number of nitrogens with one attached hydrogen (secondary N) is 2. The summed E-state index contributed by atoms with van der Waals surface area (Å²) in [6.07, 6.45) is 8.63. The third kappa shape index (κ3) is 4.89. The van der Waals surface area contributed by atoms with Crippen LogP contribution in [0.25, 0.3) is 32.6 Å². The highest BCUT2D eigenvalue weighted by Crippen LogP contribution is 2.52. The number of hydrogen-bond acceptors (Lipinski definition) is 8. The van der Waals surface area contributed by atoms with Crippen molar-refractivity contribution in [3.63, 3.8) is 0 Å². The molecule has 10 nitrogen and oxygen atoms in total. The fourth-order valence-corrected chi connectivity index (χ4v) is 6.40. The minimum Gasteiger partial charge on any atom is -0.481 e. The maximum absolute atomic E-state index is 12.1. The van der Waals surface area contributed by atoms with Gasteiger partial charge < -0.3 is 15.3 Å². The molecule has 1 aliphatic heterocycles. The number of rotatable bonds is 7. The molecule has 200 valence electrons. The second-order valence-corrected chi connectivity index (χ2v) is 11.1. The molecule has 2 fully saturated rings. The number of amides is 2. The molecular formula is C28H29N7O3S. The summed E-state index contributed by atoms with van der Waals surface area (Å²) >= 11 is 1.40. The first-order valence-corrected chi connectivity index (χ1v) is 14.0. The number of urea groups is 1. The van der Waals surface area contributed by atoms with Gasteiger partial charge in [0.2, 0.25) is 5.95 Å². The minimum absolute atomic E-state index is 0.296. The second kappa shape index (κ2) is 10.2. The molecule has 0 unspecified atom stereocenters. The van der Waals surface area contributed by atoms with Crippen LogP contribution < -0.4 is 15.5 Å². The van der Waals surface area contributed by atoms with E-state index in [0.29, 0.717) is 49.5 Å². The first-order chi connectivity index (χ1) is 19.0. The van der Waals surface area contributed by atoms with Crippen molar-refractivity contribution in [2.24, 2.45) is 11.3 Å². The van der Waals surface area contributed by atoms with Gasteiger partial charge in [-0.3, -0.25) is 15.1 Å². The fourth-order valence-electron chi connectivity index (χ4n) is 5.44. The van der Waals surface area contributed by atoms with E-state index in [1.807, 2.05) is 31.2 Å². The van der Waals surface area contributed by atoms with Gasteiger partial charge in [0.25, 0.3) is 0 Å². The lowest BCUT2D eigenvalue weighted by atomic mass is 9.74. The summed E-state index contributed by atoms with van der Waals surface area (Å²) in [6, 6.07) is 9.48. The van der Waals surface area contributed by atoms with E-state index >= 15 is 0 Å². The first kappa shape index (κ1) is 25.2. The molecule has 1 saturated carbocycles. The number of thiazole rings is 1. The molecular weight excluding hydrogens is 514 g/mol. The Morgan fingerprint density at radius 3 is 2.51 bits per heavy atom. The van der Waals surface area contributed by atoms with Crippen molar-refractivity contribution in [1.29, 1.82) is 0 Å². The van der Waals surface area contributed by atoms with Crippen LogP contribution in [0.5, 0.6) is 0 Å². The standard InChI is InChI=1S/C28H29N7O3S/c1-2-29-26(38)34-27-33-22-14-17(13-20(23(22)39-27)21-5-3-4-10-30-21)18-15-31-25(32-16-18)35-11-8-28(9-12-35,24(36)37)19-6-7-19/h3-5,10,13-16,19H,2,6-9,11-12H2,1H3,(H,36,37)(H2,29,33,34,38). The van der Waals surface area contributed by atoms with Gasteiger partial charge in [-0.2, -0.15) is 0 Å². The number of hydrogen-bond donors (Lipinski definition) is 3. The predicted molar refractivity (Wildman–Crippen MR) is 151 cm³/mol. The highest BCUT2D eigenvalue weighted by Gasteiger charge is 2.52. The second-order valence-electron chi connectivity index (χ2n) is 10.1. The summed E-state index contributed by atoms with van der Waals surface area (Å²) in [7, 11) is 0. The van der Waals surface area contributed by atoms with Crippen LogP contribution in [0.3, 0.4) is 0 Å². The van der Waals surface area contributed by atoms with Crippen LogP contribution in [0.4, 0.5) is 15.9 Å². The lowest BCUT2D eigenvalue weighted by molar-refractivity contribution is -0.152. The monoisotopic (exact) mass is 543 g/mol. The van der Waals surface area contributed by atoms with Crippen LogP contribution in [0.15, 0.2) is 48.9 Å². The number of fused-ring (bicyclic) bond motifs is 1. The number of carbonyl (C=O) groups is 2. The molecule has 2 aliphatic rings. The zero-order valence-corrected chi connectivity index (χ0v) is 22.4. The van der Waals surface area contributed by atoms with Gasteiger partial charge in [0.05, 0.1) is 21.3 Å². The van der Waals surface area contributed by atoms with Crippen molar-refractivity contribution in [1.82, 2.24) is 25.3 Å². The Morgan fingerprint density at radius 2 is 1.87 bits per heavy atom. The fraction of sp³-hybridized carbons (Fsp3) is 0.357. The molecule has 3 aromatic heterocycles. The molecule has 3 N–H and O–H groups in total. The Morgan fingerprint density at radius 1 is 1.10 bits per heavy atom. The number of carbonyl (C=O) groups excluding carboxylic acids is 1. The molecule has 1 saturated heterocycles. The number of pyridine rings is 1. The lowest BCUT2D eigenvalue weighted by Crippen LogP contribution is -2.46. The van der Waals surface area contributed by atoms with Crippen molar-refractivity contribution >= 4 is 44.6 Å². The number of anilines is 2. The van der Waals surface area contributed by atoms with Crippen LogP contribution in [0.2, 0.25) is 0 Å². The number of carboxylic acid groups (broad SMARTS) is 1. The number of nitrogens with zero attached hydrogens (tertiary/aromatic N) is 5. The van der Waals surface area contributed by atoms with Gasteiger partial charge in [-0.25, -0.2) is 19.7 Å². The molecule has 6 rings (SSSR count). The highest BCUT2D eigenvalue weighted by atomic mass is 32.1. The molecule has 11 heteroatoms. The van der Waals surface area contributed by atoms with E-state index in [2.05, 4.69) is 41.5 Å². The number of aliphatic carboxylic acids is 1. The van der Waals surface area contributed by atoms with E-state index in [-0.39, 0.29) is 6.03 Å². The Kier molecular flexibility index (Phi) is 6.59. The maximum Gasteiger partial charge on any atom is 0.321 e. The summed E-state index contributed by atoms with van der Waals surface area (Å²) < 4.78 is 0.924. The van der Waals surface area contributed by atoms with Crippen molar-refractivity contribution in [3.8, 4) is 22.4 Å². The molecule has 1 aliphatic carbocycles. The topological polar surface area (TPSA) is 133 Å². The third-order valence-electron chi connectivity index (χ3n) is 7.68. The minimum atomic E-state index is -0.661. The predicted octanol–water partition coefficient (Wildman–Crippen LogP) is 5.04. The molecule has 0 spiro atoms. The van der Waals surface area contributed by atoms with E-state index in [0.717, 1.165) is 45.4 Å². The van der Waals surface area contributed by atoms with E-state index in [4.69, 9.17) is 0 Å². The van der Waals surface area contributed by atoms with Gasteiger partial charge in [-0.15, -0.1) is 0 Å². The zero-order chi connectivity index (χ0) is 27.0. The van der Waals surface area contributed by atoms with Crippen LogP contribution in [-0.2, 0) is 4.79 Å². The number of piperidine rings is 1. The van der Waals surface area contributed by atoms with Crippen molar-refractivity contribution in [2.45, 2.75) is 32.6 Å². The number of benzene rings is 1. The molecule has 4 heterocycles. The maximum atomic E-state index is 12.1. The SMILES string of the molecule is CCNC(=O)Nc1nc2cc(-c3cnc(N4CCC(C(=O)O)(C5CC5)CC4)nc3)cc(-c3ccccn3)c2s1. The summed E-state index contributed by atoms with van der Waals surface area (Å²) in [5, 5.41) is 15.9. The number of aromatic nitrogens is 4. The van der Waals surface area contributed by atoms with Crippen LogP contribution in [-0.4, -0.2) is 56.7 Å². The quantitative estimate of drug-likeness (QED) is 0.295. The van der Waals surface area contributed by atoms with E-state index in [9.17, 15) is 14.7 Å². The number of carboxylic acids is 1. The largest absolute Gasteiger partial charge is 0.481 e. The van der Waals surface area contributed by atoms with Gasteiger partial charge in [0, 0.05) is 49.4 Å². The molecule has 0 bridgehead atoms. The molecule has 0 radical (unpaired) electrons. The first-order valence-electron chi connectivity index (χ1n) is 13.2. The molecule has 2 amide bonds. The van der Waals surface area contributed by atoms with Gasteiger partial charge in [0.15, 0.2) is 5.13 Å². The average molecular weight is 544 g/mol. The summed E-state index contributed by atoms with van der Waals surface area (Å²) in [5.41, 5.74) is 3.60. The molecule has 39 heavy (non-hydrogen) atoms. The van der Waals surface area contributed by atoms with Crippen LogP contribution in [0, 0.1) is 11.3 Å². The van der Waals surface area contributed by atoms with Crippen molar-refractivity contribution in [2.75, 3.05) is 29.9 Å². The Balaban J connectivity index is 1.28. The lowest BCUT2D eigenvalue weighted by Gasteiger charge is -2.39. The van der Waals surface area contributed by atoms with E-state index in [1.165, 1.54) is 11.3 Å². The average Bonchev–Trinajstić information content (AvgIpc) is 3.73. The Labute approximate surface area is 229 Å². The van der Waals surface area contributed by atoms with Gasteiger partial charge in [0.1, 0.15) is 0 Å². The summed E-state index contributed by atoms with van der Waals surface area (Å²) in [4.78, 5) is 44.7. The molecule has 0 atom stereocenters. The van der Waals surface area contributed by atoms with E-state index < -0.39 is 11.4 Å². The van der Waals surface area contributed by atoms with Gasteiger partial charge >= 0.3 is 12.0 Å². The summed E-state index contributed by atoms with van der Waals surface area (Å²) in [5.74, 6) is 0.263. The molecule has 1 aromatic carbocycles. The smallest absolute Gasteiger partial charge is 0.321 e. The van der Waals surface area contributed by atoms with Crippen LogP contribution >= 0.6 is 11.3 Å². The Bertz CT molecular complexity index is 1510. The highest BCUT2D eigenvalue weighted by molar-refractivity contribution is 7.22. The Hall–Kier alpha value is -4.12. The van der Waals surface area contributed by atoms with Crippen molar-refractivity contribution < 1.29 is 14.7 Å². The van der Waals surface area contributed by atoms with Crippen molar-refractivity contribution in [3.05, 3.63) is 48.9 Å². The third-order valence-corrected chi connectivity index (χ3v) is 8.70. The van der Waals surface area contributed by atoms with E-state index in [1.54, 1.807) is 18.6 Å². The van der Waals surface area contributed by atoms with Gasteiger partial charge in [-0.1, -0.05) is 17.4 Å². The van der Waals surface area contributed by atoms with Gasteiger partial charge in [-0.05, 0) is 68.4 Å². The van der Waals surface area contributed by atoms with Crippen LogP contribution in [0.1, 0.15) is 32.6 Å². The molecule has 4 aromatic rings.